The van der Waals surface area contributed by atoms with Gasteiger partial charge >= 0.3 is 12.3 Å². The average Bonchev–Trinajstić information content (AvgIpc) is 2.74. The molecular formula is C23H28F4O3Si2. The quantitative estimate of drug-likeness (QED) is 0.226. The van der Waals surface area contributed by atoms with Crippen molar-refractivity contribution < 1.29 is 31.8 Å². The monoisotopic (exact) mass is 484 g/mol. The zero-order chi connectivity index (χ0) is 23.3. The Labute approximate surface area is 189 Å². The van der Waals surface area contributed by atoms with Crippen molar-refractivity contribution in [1.29, 1.82) is 0 Å². The molecular weight excluding hydrogens is 456 g/mol. The molecule has 0 saturated heterocycles. The molecule has 0 N–H and O–H groups in total. The van der Waals surface area contributed by atoms with E-state index in [4.69, 9.17) is 4.74 Å². The van der Waals surface area contributed by atoms with E-state index in [1.54, 1.807) is 6.07 Å². The molecule has 1 fully saturated rings. The second kappa shape index (κ2) is 10.7. The van der Waals surface area contributed by atoms with Crippen LogP contribution in [0.5, 0.6) is 11.5 Å². The van der Waals surface area contributed by atoms with E-state index in [9.17, 15) is 22.4 Å². The molecule has 0 aliphatic heterocycles. The van der Waals surface area contributed by atoms with Crippen molar-refractivity contribution in [1.82, 2.24) is 0 Å². The van der Waals surface area contributed by atoms with Gasteiger partial charge in [0.25, 0.3) is 0 Å². The summed E-state index contributed by atoms with van der Waals surface area (Å²) >= 11 is 0. The topological polar surface area (TPSA) is 35.5 Å². The van der Waals surface area contributed by atoms with Crippen LogP contribution in [0, 0.1) is 5.82 Å². The molecule has 32 heavy (non-hydrogen) atoms. The van der Waals surface area contributed by atoms with E-state index in [2.05, 4.69) is 11.7 Å². The number of alkyl halides is 3. The first-order valence-electron chi connectivity index (χ1n) is 11.0. The zero-order valence-corrected chi connectivity index (χ0v) is 21.4. The molecule has 174 valence electrons. The van der Waals surface area contributed by atoms with E-state index >= 15 is 0 Å². The lowest BCUT2D eigenvalue weighted by atomic mass is 9.83. The predicted octanol–water partition coefficient (Wildman–Crippen LogP) is 5.47. The smallest absolute Gasteiger partial charge is 0.423 e. The van der Waals surface area contributed by atoms with Crippen molar-refractivity contribution in [3.63, 3.8) is 0 Å². The molecule has 1 unspecified atom stereocenters. The lowest BCUT2D eigenvalue weighted by Crippen LogP contribution is -2.25. The van der Waals surface area contributed by atoms with Crippen LogP contribution in [0.3, 0.4) is 0 Å². The van der Waals surface area contributed by atoms with Gasteiger partial charge in [0.2, 0.25) is 0 Å². The van der Waals surface area contributed by atoms with Crippen molar-refractivity contribution in [2.75, 3.05) is 0 Å². The molecule has 0 bridgehead atoms. The van der Waals surface area contributed by atoms with Crippen molar-refractivity contribution in [3.8, 4) is 11.5 Å². The lowest BCUT2D eigenvalue weighted by molar-refractivity contribution is -0.274. The SMILES string of the molecule is CCC[SiH]([SiH3])C1CCC(c2ccc(C(=O)Oc3ccc(OC(F)(F)F)cc3)c(F)c2)CC1. The minimum absolute atomic E-state index is 0.000222. The number of rotatable bonds is 7. The second-order valence-corrected chi connectivity index (χ2v) is 16.4. The second-order valence-electron chi connectivity index (χ2n) is 8.53. The number of hydrogen-bond acceptors (Lipinski definition) is 3. The maximum Gasteiger partial charge on any atom is 0.573 e. The summed E-state index contributed by atoms with van der Waals surface area (Å²) in [7, 11) is 0.811. The van der Waals surface area contributed by atoms with Crippen molar-refractivity contribution in [2.24, 2.45) is 0 Å². The van der Waals surface area contributed by atoms with Gasteiger partial charge in [0.15, 0.2) is 0 Å². The summed E-state index contributed by atoms with van der Waals surface area (Å²) < 4.78 is 60.2. The third kappa shape index (κ3) is 6.68. The molecule has 0 amide bonds. The van der Waals surface area contributed by atoms with E-state index < -0.39 is 32.2 Å². The third-order valence-electron chi connectivity index (χ3n) is 6.27. The standard InChI is InChI=1S/C23H28F4O3Si2/c1-2-13-32(31)19-10-3-15(4-11-19)16-5-12-20(21(24)14-16)22(28)29-17-6-8-18(9-7-17)30-23(25,26)27/h5-9,12,14-15,19,32H,2-4,10-11,13H2,1,31H3. The number of carbonyl (C=O) groups excluding carboxylic acids is 1. The fourth-order valence-corrected chi connectivity index (χ4v) is 11.2. The molecule has 9 heteroatoms. The fraction of sp³-hybridized carbons (Fsp3) is 0.435. The van der Waals surface area contributed by atoms with Gasteiger partial charge in [-0.05, 0) is 70.5 Å². The average molecular weight is 485 g/mol. The van der Waals surface area contributed by atoms with E-state index in [0.717, 1.165) is 48.2 Å². The Hall–Kier alpha value is -2.14. The third-order valence-corrected chi connectivity index (χ3v) is 14.6. The van der Waals surface area contributed by atoms with Gasteiger partial charge in [0.05, 0.1) is 5.56 Å². The number of hydrogen-bond donors (Lipinski definition) is 0. The number of halogens is 4. The molecule has 2 aromatic rings. The van der Waals surface area contributed by atoms with E-state index in [1.165, 1.54) is 47.2 Å². The van der Waals surface area contributed by atoms with Gasteiger partial charge in [-0.15, -0.1) is 13.2 Å². The number of esters is 1. The molecule has 0 heterocycles. The highest BCUT2D eigenvalue weighted by atomic mass is 29.1. The number of benzene rings is 2. The van der Waals surface area contributed by atoms with Crippen LogP contribution in [0.1, 0.15) is 60.9 Å². The number of ether oxygens (including phenoxy) is 2. The molecule has 2 aromatic carbocycles. The van der Waals surface area contributed by atoms with Gasteiger partial charge in [-0.1, -0.05) is 43.8 Å². The van der Waals surface area contributed by atoms with Crippen LogP contribution in [-0.2, 0) is 0 Å². The van der Waals surface area contributed by atoms with Gasteiger partial charge in [-0.2, -0.15) is 0 Å². The number of carbonyl (C=O) groups is 1. The van der Waals surface area contributed by atoms with Crippen molar-refractivity contribution in [3.05, 3.63) is 59.4 Å². The Morgan fingerprint density at radius 3 is 2.25 bits per heavy atom. The zero-order valence-electron chi connectivity index (χ0n) is 18.3. The summed E-state index contributed by atoms with van der Waals surface area (Å²) in [6.45, 7) is 2.26. The molecule has 0 aromatic heterocycles. The van der Waals surface area contributed by atoms with Gasteiger partial charge in [-0.25, -0.2) is 9.18 Å². The van der Waals surface area contributed by atoms with Crippen LogP contribution in [0.15, 0.2) is 42.5 Å². The van der Waals surface area contributed by atoms with Gasteiger partial charge in [-0.3, -0.25) is 0 Å². The van der Waals surface area contributed by atoms with Crippen LogP contribution >= 0.6 is 0 Å². The summed E-state index contributed by atoms with van der Waals surface area (Å²) in [6.07, 6.45) is 1.06. The lowest BCUT2D eigenvalue weighted by Gasteiger charge is -2.32. The summed E-state index contributed by atoms with van der Waals surface area (Å²) in [5, 5.41) is 0. The Bertz CT molecular complexity index is 910. The predicted molar refractivity (Wildman–Crippen MR) is 122 cm³/mol. The molecule has 1 atom stereocenters. The van der Waals surface area contributed by atoms with Crippen LogP contribution in [-0.4, -0.2) is 30.4 Å². The van der Waals surface area contributed by atoms with E-state index in [1.807, 2.05) is 0 Å². The van der Waals surface area contributed by atoms with Gasteiger partial charge in [0.1, 0.15) is 17.3 Å². The molecule has 1 saturated carbocycles. The highest BCUT2D eigenvalue weighted by molar-refractivity contribution is 7.04. The maximum atomic E-state index is 14.7. The fourth-order valence-electron chi connectivity index (χ4n) is 4.53. The van der Waals surface area contributed by atoms with Crippen molar-refractivity contribution >= 4 is 24.0 Å². The minimum Gasteiger partial charge on any atom is -0.423 e. The molecule has 3 rings (SSSR count). The minimum atomic E-state index is -4.81. The molecule has 0 spiro atoms. The van der Waals surface area contributed by atoms with Crippen molar-refractivity contribution in [2.45, 2.75) is 62.9 Å². The Balaban J connectivity index is 1.60. The van der Waals surface area contributed by atoms with E-state index in [0.29, 0.717) is 5.92 Å². The highest BCUT2D eigenvalue weighted by Crippen LogP contribution is 2.40. The highest BCUT2D eigenvalue weighted by Gasteiger charge is 2.31. The first kappa shape index (κ1) is 24.5. The summed E-state index contributed by atoms with van der Waals surface area (Å²) in [4.78, 5) is 12.4. The van der Waals surface area contributed by atoms with Crippen LogP contribution in [0.4, 0.5) is 17.6 Å². The first-order chi connectivity index (χ1) is 15.2. The normalized spacial score (nSPS) is 20.0. The molecule has 1 aliphatic carbocycles. The Morgan fingerprint density at radius 2 is 1.69 bits per heavy atom. The summed E-state index contributed by atoms with van der Waals surface area (Å²) in [5.41, 5.74) is 1.63. The maximum absolute atomic E-state index is 14.7. The molecule has 0 radical (unpaired) electrons. The Morgan fingerprint density at radius 1 is 1.06 bits per heavy atom. The first-order valence-corrected chi connectivity index (χ1v) is 17.1. The Kier molecular flexibility index (Phi) is 8.16. The van der Waals surface area contributed by atoms with Crippen LogP contribution in [0.25, 0.3) is 0 Å². The summed E-state index contributed by atoms with van der Waals surface area (Å²) in [5.74, 6) is -1.66. The summed E-state index contributed by atoms with van der Waals surface area (Å²) in [6, 6.07) is 10.4. The van der Waals surface area contributed by atoms with Crippen LogP contribution < -0.4 is 9.47 Å². The largest absolute Gasteiger partial charge is 0.573 e. The van der Waals surface area contributed by atoms with Gasteiger partial charge in [0, 0.05) is 8.31 Å². The molecule has 1 aliphatic rings. The van der Waals surface area contributed by atoms with E-state index in [-0.39, 0.29) is 11.3 Å². The van der Waals surface area contributed by atoms with Crippen LogP contribution in [0.2, 0.25) is 11.6 Å². The van der Waals surface area contributed by atoms with Gasteiger partial charge < -0.3 is 9.47 Å². The molecule has 3 nitrogen and oxygen atoms in total.